The lowest BCUT2D eigenvalue weighted by molar-refractivity contribution is -0.135. The van der Waals surface area contributed by atoms with E-state index in [-0.39, 0.29) is 11.9 Å². The van der Waals surface area contributed by atoms with Crippen LogP contribution >= 0.6 is 0 Å². The van der Waals surface area contributed by atoms with Crippen LogP contribution in [0.3, 0.4) is 0 Å². The van der Waals surface area contributed by atoms with Gasteiger partial charge in [0.2, 0.25) is 5.91 Å². The predicted octanol–water partition coefficient (Wildman–Crippen LogP) is 4.04. The highest BCUT2D eigenvalue weighted by Gasteiger charge is 2.47. The summed E-state index contributed by atoms with van der Waals surface area (Å²) in [5.74, 6) is 0.808. The number of carbonyl (C=O) groups is 2. The zero-order valence-corrected chi connectivity index (χ0v) is 14.8. The molecule has 0 radical (unpaired) electrons. The van der Waals surface area contributed by atoms with Gasteiger partial charge >= 0.3 is 5.97 Å². The molecule has 1 saturated carbocycles. The van der Waals surface area contributed by atoms with E-state index in [1.54, 1.807) is 0 Å². The molecule has 0 aromatic heterocycles. The fraction of sp³-hybridized carbons (Fsp3) is 0.619. The van der Waals surface area contributed by atoms with Gasteiger partial charge in [-0.25, -0.2) is 4.79 Å². The number of fused-ring (bicyclic) bond motifs is 2. The van der Waals surface area contributed by atoms with E-state index >= 15 is 0 Å². The van der Waals surface area contributed by atoms with Gasteiger partial charge in [0.1, 0.15) is 5.60 Å². The third-order valence-electron chi connectivity index (χ3n) is 6.34. The van der Waals surface area contributed by atoms with Gasteiger partial charge in [-0.15, -0.1) is 0 Å². The average molecular weight is 341 g/mol. The van der Waals surface area contributed by atoms with Gasteiger partial charge in [-0.05, 0) is 18.4 Å². The van der Waals surface area contributed by atoms with Crippen molar-refractivity contribution in [1.29, 1.82) is 0 Å². The summed E-state index contributed by atoms with van der Waals surface area (Å²) in [6.45, 7) is 1.37. The predicted molar refractivity (Wildman–Crippen MR) is 95.2 cm³/mol. The first-order valence-corrected chi connectivity index (χ1v) is 9.79. The topological polar surface area (TPSA) is 46.6 Å². The van der Waals surface area contributed by atoms with Gasteiger partial charge in [-0.2, -0.15) is 0 Å². The summed E-state index contributed by atoms with van der Waals surface area (Å²) in [7, 11) is 0. The minimum absolute atomic E-state index is 0.215. The SMILES string of the molecule is O=C1OC2(CCN(C(=O)CCC3CCCCC3)CC2)c2ccccc21. The zero-order valence-electron chi connectivity index (χ0n) is 14.8. The van der Waals surface area contributed by atoms with E-state index in [2.05, 4.69) is 0 Å². The molecule has 4 rings (SSSR count). The van der Waals surface area contributed by atoms with Crippen LogP contribution < -0.4 is 0 Å². The van der Waals surface area contributed by atoms with Crippen molar-refractivity contribution in [3.05, 3.63) is 35.4 Å². The summed E-state index contributed by atoms with van der Waals surface area (Å²) in [6.07, 6.45) is 9.75. The number of likely N-dealkylation sites (tertiary alicyclic amines) is 1. The Morgan fingerprint density at radius 2 is 1.84 bits per heavy atom. The average Bonchev–Trinajstić information content (AvgIpc) is 2.93. The third kappa shape index (κ3) is 3.19. The standard InChI is InChI=1S/C21H27NO3/c23-19(11-10-16-6-2-1-3-7-16)22-14-12-21(13-15-22)18-9-5-4-8-17(18)20(24)25-21/h4-5,8-9,16H,1-3,6-7,10-15H2. The molecule has 2 heterocycles. The Balaban J connectivity index is 1.34. The van der Waals surface area contributed by atoms with Gasteiger partial charge in [0, 0.05) is 37.9 Å². The number of ether oxygens (including phenoxy) is 1. The largest absolute Gasteiger partial charge is 0.450 e. The Bertz CT molecular complexity index is 655. The Labute approximate surface area is 149 Å². The van der Waals surface area contributed by atoms with Crippen molar-refractivity contribution < 1.29 is 14.3 Å². The van der Waals surface area contributed by atoms with E-state index in [0.717, 1.165) is 17.9 Å². The second-order valence-electron chi connectivity index (χ2n) is 7.85. The molecule has 0 N–H and O–H groups in total. The molecule has 1 spiro atoms. The Kier molecular flexibility index (Phi) is 4.53. The van der Waals surface area contributed by atoms with Crippen LogP contribution in [0.4, 0.5) is 0 Å². The highest BCUT2D eigenvalue weighted by atomic mass is 16.6. The van der Waals surface area contributed by atoms with Crippen molar-refractivity contribution in [1.82, 2.24) is 4.90 Å². The molecule has 1 aromatic rings. The number of amides is 1. The molecule has 1 amide bonds. The summed E-state index contributed by atoms with van der Waals surface area (Å²) in [4.78, 5) is 26.7. The highest BCUT2D eigenvalue weighted by Crippen LogP contribution is 2.44. The van der Waals surface area contributed by atoms with Crippen LogP contribution in [0.1, 0.15) is 73.7 Å². The number of nitrogens with zero attached hydrogens (tertiary/aromatic N) is 1. The molecule has 1 saturated heterocycles. The second kappa shape index (κ2) is 6.81. The molecule has 2 fully saturated rings. The fourth-order valence-electron chi connectivity index (χ4n) is 4.80. The van der Waals surface area contributed by atoms with Crippen LogP contribution in [0.2, 0.25) is 0 Å². The third-order valence-corrected chi connectivity index (χ3v) is 6.34. The van der Waals surface area contributed by atoms with Crippen molar-refractivity contribution in [3.8, 4) is 0 Å². The van der Waals surface area contributed by atoms with Crippen molar-refractivity contribution in [2.45, 2.75) is 63.4 Å². The molecule has 2 aliphatic heterocycles. The molecule has 1 aliphatic carbocycles. The van der Waals surface area contributed by atoms with Gasteiger partial charge < -0.3 is 9.64 Å². The molecule has 0 atom stereocenters. The Morgan fingerprint density at radius 3 is 2.60 bits per heavy atom. The van der Waals surface area contributed by atoms with Gasteiger partial charge in [0.05, 0.1) is 5.56 Å². The van der Waals surface area contributed by atoms with Crippen LogP contribution in [-0.4, -0.2) is 29.9 Å². The number of esters is 1. The first-order chi connectivity index (χ1) is 12.2. The number of carbonyl (C=O) groups excluding carboxylic acids is 2. The van der Waals surface area contributed by atoms with Gasteiger partial charge in [-0.3, -0.25) is 4.79 Å². The van der Waals surface area contributed by atoms with E-state index in [1.807, 2.05) is 29.2 Å². The lowest BCUT2D eigenvalue weighted by Gasteiger charge is -2.38. The summed E-state index contributed by atoms with van der Waals surface area (Å²) in [6, 6.07) is 7.68. The fourth-order valence-corrected chi connectivity index (χ4v) is 4.80. The van der Waals surface area contributed by atoms with Gasteiger partial charge in [-0.1, -0.05) is 50.3 Å². The number of hydrogen-bond donors (Lipinski definition) is 0. The molecule has 3 aliphatic rings. The quantitative estimate of drug-likeness (QED) is 0.780. The van der Waals surface area contributed by atoms with E-state index in [4.69, 9.17) is 4.74 Å². The van der Waals surface area contributed by atoms with Crippen LogP contribution in [0, 0.1) is 5.92 Å². The van der Waals surface area contributed by atoms with E-state index < -0.39 is 5.60 Å². The van der Waals surface area contributed by atoms with Crippen molar-refractivity contribution >= 4 is 11.9 Å². The molecular formula is C21H27NO3. The minimum atomic E-state index is -0.506. The van der Waals surface area contributed by atoms with Gasteiger partial charge in [0.25, 0.3) is 0 Å². The van der Waals surface area contributed by atoms with Gasteiger partial charge in [0.15, 0.2) is 0 Å². The summed E-state index contributed by atoms with van der Waals surface area (Å²) < 4.78 is 5.77. The van der Waals surface area contributed by atoms with Crippen LogP contribution in [0.5, 0.6) is 0 Å². The number of hydrogen-bond acceptors (Lipinski definition) is 3. The number of rotatable bonds is 3. The van der Waals surface area contributed by atoms with Crippen LogP contribution in [-0.2, 0) is 15.1 Å². The maximum absolute atomic E-state index is 12.6. The lowest BCUT2D eigenvalue weighted by atomic mass is 9.83. The smallest absolute Gasteiger partial charge is 0.339 e. The maximum atomic E-state index is 12.6. The zero-order chi connectivity index (χ0) is 17.3. The molecule has 25 heavy (non-hydrogen) atoms. The van der Waals surface area contributed by atoms with Crippen molar-refractivity contribution in [2.24, 2.45) is 5.92 Å². The first-order valence-electron chi connectivity index (χ1n) is 9.79. The Morgan fingerprint density at radius 1 is 1.12 bits per heavy atom. The molecule has 134 valence electrons. The van der Waals surface area contributed by atoms with Crippen LogP contribution in [0.25, 0.3) is 0 Å². The molecule has 4 heteroatoms. The van der Waals surface area contributed by atoms with Crippen molar-refractivity contribution in [3.63, 3.8) is 0 Å². The van der Waals surface area contributed by atoms with E-state index in [0.29, 0.717) is 37.9 Å². The molecule has 1 aromatic carbocycles. The maximum Gasteiger partial charge on any atom is 0.339 e. The second-order valence-corrected chi connectivity index (χ2v) is 7.85. The minimum Gasteiger partial charge on any atom is -0.450 e. The molecule has 4 nitrogen and oxygen atoms in total. The van der Waals surface area contributed by atoms with Crippen molar-refractivity contribution in [2.75, 3.05) is 13.1 Å². The van der Waals surface area contributed by atoms with Crippen LogP contribution in [0.15, 0.2) is 24.3 Å². The molecular weight excluding hydrogens is 314 g/mol. The first kappa shape index (κ1) is 16.6. The summed E-state index contributed by atoms with van der Waals surface area (Å²) >= 11 is 0. The molecule has 0 unspecified atom stereocenters. The Hall–Kier alpha value is -1.84. The normalized spacial score (nSPS) is 22.7. The lowest BCUT2D eigenvalue weighted by Crippen LogP contribution is -2.45. The molecule has 0 bridgehead atoms. The van der Waals surface area contributed by atoms with E-state index in [1.165, 1.54) is 32.1 Å². The summed E-state index contributed by atoms with van der Waals surface area (Å²) in [5.41, 5.74) is 1.20. The number of piperidine rings is 1. The number of benzene rings is 1. The van der Waals surface area contributed by atoms with E-state index in [9.17, 15) is 9.59 Å². The monoisotopic (exact) mass is 341 g/mol. The summed E-state index contributed by atoms with van der Waals surface area (Å²) in [5, 5.41) is 0. The highest BCUT2D eigenvalue weighted by molar-refractivity contribution is 5.94.